The number of anilines is 6. The van der Waals surface area contributed by atoms with Gasteiger partial charge < -0.3 is 9.80 Å². The molecule has 0 atom stereocenters. The predicted molar refractivity (Wildman–Crippen MR) is 302 cm³/mol. The van der Waals surface area contributed by atoms with Gasteiger partial charge in [-0.2, -0.15) is 0 Å². The molecule has 334 valence electrons. The number of aryl methyl sites for hydroxylation is 4. The van der Waals surface area contributed by atoms with Crippen LogP contribution in [0.2, 0.25) is 0 Å². The van der Waals surface area contributed by atoms with Gasteiger partial charge in [-0.3, -0.25) is 0 Å². The average molecular weight is 917 g/mol. The summed E-state index contributed by atoms with van der Waals surface area (Å²) in [7, 11) is 0. The van der Waals surface area contributed by atoms with Crippen LogP contribution < -0.4 is 9.80 Å². The summed E-state index contributed by atoms with van der Waals surface area (Å²) in [6.07, 6.45) is 0. The van der Waals surface area contributed by atoms with Gasteiger partial charge in [0.2, 0.25) is 0 Å². The molecule has 0 spiro atoms. The van der Waals surface area contributed by atoms with Crippen LogP contribution in [0.25, 0.3) is 72.7 Å². The van der Waals surface area contributed by atoms with E-state index in [1.807, 2.05) is 22.7 Å². The molecule has 4 heteroatoms. The van der Waals surface area contributed by atoms with E-state index in [1.54, 1.807) is 0 Å². The van der Waals surface area contributed by atoms with E-state index in [-0.39, 0.29) is 10.8 Å². The minimum absolute atomic E-state index is 0.0268. The van der Waals surface area contributed by atoms with Crippen molar-refractivity contribution in [1.82, 2.24) is 0 Å². The zero-order chi connectivity index (χ0) is 47.0. The molecule has 0 aliphatic heterocycles. The summed E-state index contributed by atoms with van der Waals surface area (Å²) in [5, 5.41) is 12.8. The highest BCUT2D eigenvalue weighted by Gasteiger charge is 2.29. The first-order valence-electron chi connectivity index (χ1n) is 24.0. The second-order valence-electron chi connectivity index (χ2n) is 21.2. The Labute approximate surface area is 408 Å². The normalized spacial score (nSPS) is 12.6. The van der Waals surface area contributed by atoms with Crippen molar-refractivity contribution in [2.75, 3.05) is 9.80 Å². The van der Waals surface area contributed by atoms with Crippen LogP contribution in [-0.4, -0.2) is 0 Å². The topological polar surface area (TPSA) is 6.48 Å². The van der Waals surface area contributed by atoms with Crippen LogP contribution in [0, 0.1) is 27.7 Å². The molecule has 68 heavy (non-hydrogen) atoms. The Bertz CT molecular complexity index is 3740. The van der Waals surface area contributed by atoms with Gasteiger partial charge in [0.1, 0.15) is 0 Å². The maximum Gasteiger partial charge on any atom is 0.0669 e. The summed E-state index contributed by atoms with van der Waals surface area (Å²) in [4.78, 5) is 5.23. The van der Waals surface area contributed by atoms with Crippen molar-refractivity contribution in [3.8, 4) is 0 Å². The maximum atomic E-state index is 2.61. The lowest BCUT2D eigenvalue weighted by Gasteiger charge is -2.33. The molecule has 2 aromatic heterocycles. The molecule has 0 radical (unpaired) electrons. The summed E-state index contributed by atoms with van der Waals surface area (Å²) in [5.41, 5.74) is 14.9. The predicted octanol–water partition coefficient (Wildman–Crippen LogP) is 20.1. The van der Waals surface area contributed by atoms with Crippen molar-refractivity contribution in [3.63, 3.8) is 0 Å². The summed E-state index contributed by atoms with van der Waals surface area (Å²) in [6.45, 7) is 23.1. The standard InChI is InChI=1S/C64H56N2S2/c1-37-19-27-43(63(5,6)7)35-53(37)65(59-39(3)21-29-47-45-15-11-13-17-55(45)67-61(47)59)51-33-25-41-24-32-50-52(34-26-42-23-31-49(51)57(41)58(42)50)66(54-36-44(64(8,9)10)28-20-38(54)2)60-40(4)22-30-48-46-16-12-14-18-56(46)68-62(48)60/h11-36H,1-10H3. The molecule has 12 aromatic rings. The molecule has 0 bridgehead atoms. The third kappa shape index (κ3) is 6.55. The van der Waals surface area contributed by atoms with E-state index in [1.165, 1.54) is 140 Å². The number of hydrogen-bond acceptors (Lipinski definition) is 4. The summed E-state index contributed by atoms with van der Waals surface area (Å²) in [6, 6.07) is 60.4. The highest BCUT2D eigenvalue weighted by molar-refractivity contribution is 7.26. The molecule has 2 nitrogen and oxygen atoms in total. The molecular formula is C64H56N2S2. The first-order chi connectivity index (χ1) is 32.7. The second kappa shape index (κ2) is 15.4. The van der Waals surface area contributed by atoms with Gasteiger partial charge in [0, 0.05) is 53.1 Å². The minimum atomic E-state index is -0.0268. The van der Waals surface area contributed by atoms with E-state index < -0.39 is 0 Å². The second-order valence-corrected chi connectivity index (χ2v) is 23.3. The molecule has 0 fully saturated rings. The van der Waals surface area contributed by atoms with Crippen LogP contribution in [0.15, 0.2) is 158 Å². The Morgan fingerprint density at radius 3 is 1.12 bits per heavy atom. The van der Waals surface area contributed by atoms with E-state index in [0.717, 1.165) is 0 Å². The third-order valence-electron chi connectivity index (χ3n) is 14.6. The Morgan fingerprint density at radius 2 is 0.706 bits per heavy atom. The molecule has 0 amide bonds. The Hall–Kier alpha value is -6.72. The number of nitrogens with zero attached hydrogens (tertiary/aromatic N) is 2. The largest absolute Gasteiger partial charge is 0.308 e. The molecule has 0 saturated heterocycles. The Morgan fingerprint density at radius 1 is 0.338 bits per heavy atom. The molecule has 12 rings (SSSR count). The van der Waals surface area contributed by atoms with Crippen LogP contribution in [0.1, 0.15) is 74.9 Å². The van der Waals surface area contributed by atoms with Gasteiger partial charge in [-0.25, -0.2) is 0 Å². The summed E-state index contributed by atoms with van der Waals surface area (Å²) in [5.74, 6) is 0. The zero-order valence-electron chi connectivity index (χ0n) is 40.7. The van der Waals surface area contributed by atoms with Crippen molar-refractivity contribution >= 4 is 129 Å². The number of thiophene rings is 2. The monoisotopic (exact) mass is 916 g/mol. The SMILES string of the molecule is Cc1ccc(C(C)(C)C)cc1N(c1ccc2ccc3c(N(c4cc(C(C)(C)C)ccc4C)c4c(C)ccc5c4sc4ccccc45)ccc4ccc1c2c43)c1c(C)ccc2c1sc1ccccc12. The number of benzene rings is 10. The first kappa shape index (κ1) is 42.6. The third-order valence-corrected chi connectivity index (χ3v) is 17.0. The van der Waals surface area contributed by atoms with E-state index in [0.29, 0.717) is 0 Å². The smallest absolute Gasteiger partial charge is 0.0669 e. The number of rotatable bonds is 6. The van der Waals surface area contributed by atoms with Gasteiger partial charge in [-0.1, -0.05) is 163 Å². The van der Waals surface area contributed by atoms with Crippen molar-refractivity contribution < 1.29 is 0 Å². The molecule has 0 N–H and O–H groups in total. The van der Waals surface area contributed by atoms with Crippen LogP contribution >= 0.6 is 22.7 Å². The average Bonchev–Trinajstić information content (AvgIpc) is 3.89. The highest BCUT2D eigenvalue weighted by Crippen LogP contribution is 2.54. The maximum absolute atomic E-state index is 2.61. The van der Waals surface area contributed by atoms with E-state index in [9.17, 15) is 0 Å². The van der Waals surface area contributed by atoms with Crippen LogP contribution in [-0.2, 0) is 10.8 Å². The lowest BCUT2D eigenvalue weighted by atomic mass is 9.85. The van der Waals surface area contributed by atoms with Crippen LogP contribution in [0.4, 0.5) is 34.1 Å². The Balaban J connectivity index is 1.18. The summed E-state index contributed by atoms with van der Waals surface area (Å²) >= 11 is 3.82. The summed E-state index contributed by atoms with van der Waals surface area (Å²) < 4.78 is 5.25. The fourth-order valence-electron chi connectivity index (χ4n) is 10.8. The van der Waals surface area contributed by atoms with Gasteiger partial charge in [0.25, 0.3) is 0 Å². The fraction of sp³-hybridized carbons (Fsp3) is 0.188. The van der Waals surface area contributed by atoms with Gasteiger partial charge in [0.15, 0.2) is 0 Å². The number of hydrogen-bond donors (Lipinski definition) is 0. The van der Waals surface area contributed by atoms with Gasteiger partial charge in [-0.15, -0.1) is 22.7 Å². The quantitative estimate of drug-likeness (QED) is 0.153. The molecule has 0 unspecified atom stereocenters. The van der Waals surface area contributed by atoms with Crippen LogP contribution in [0.5, 0.6) is 0 Å². The molecule has 0 saturated carbocycles. The van der Waals surface area contributed by atoms with Gasteiger partial charge in [-0.05, 0) is 130 Å². The highest BCUT2D eigenvalue weighted by atomic mass is 32.1. The minimum Gasteiger partial charge on any atom is -0.308 e. The molecular weight excluding hydrogens is 861 g/mol. The van der Waals surface area contributed by atoms with Crippen molar-refractivity contribution in [1.29, 1.82) is 0 Å². The van der Waals surface area contributed by atoms with Crippen molar-refractivity contribution in [3.05, 3.63) is 191 Å². The molecule has 0 aliphatic rings. The molecule has 10 aromatic carbocycles. The fourth-order valence-corrected chi connectivity index (χ4v) is 13.4. The lowest BCUT2D eigenvalue weighted by Crippen LogP contribution is -2.17. The van der Waals surface area contributed by atoms with E-state index in [2.05, 4.69) is 237 Å². The molecule has 2 heterocycles. The zero-order valence-corrected chi connectivity index (χ0v) is 42.4. The van der Waals surface area contributed by atoms with Crippen molar-refractivity contribution in [2.45, 2.75) is 80.1 Å². The number of fused-ring (bicyclic) bond motifs is 6. The van der Waals surface area contributed by atoms with Crippen LogP contribution in [0.3, 0.4) is 0 Å². The van der Waals surface area contributed by atoms with Gasteiger partial charge in [0.05, 0.1) is 32.1 Å². The lowest BCUT2D eigenvalue weighted by molar-refractivity contribution is 0.590. The van der Waals surface area contributed by atoms with Crippen molar-refractivity contribution in [2.24, 2.45) is 0 Å². The first-order valence-corrected chi connectivity index (χ1v) is 25.6. The Kier molecular flexibility index (Phi) is 9.65. The molecule has 0 aliphatic carbocycles. The van der Waals surface area contributed by atoms with E-state index in [4.69, 9.17) is 0 Å². The van der Waals surface area contributed by atoms with E-state index >= 15 is 0 Å². The van der Waals surface area contributed by atoms with Gasteiger partial charge >= 0.3 is 0 Å².